The van der Waals surface area contributed by atoms with E-state index < -0.39 is 0 Å². The van der Waals surface area contributed by atoms with E-state index in [2.05, 4.69) is 6.92 Å². The van der Waals surface area contributed by atoms with Crippen molar-refractivity contribution < 1.29 is 14.6 Å². The highest BCUT2D eigenvalue weighted by Gasteiger charge is 2.11. The Hall–Kier alpha value is -2.03. The van der Waals surface area contributed by atoms with E-state index in [1.807, 2.05) is 12.1 Å². The lowest BCUT2D eigenvalue weighted by Crippen LogP contribution is -2.07. The van der Waals surface area contributed by atoms with Gasteiger partial charge in [0.15, 0.2) is 0 Å². The van der Waals surface area contributed by atoms with E-state index in [0.29, 0.717) is 12.2 Å². The first-order valence-corrected chi connectivity index (χ1v) is 9.11. The van der Waals surface area contributed by atoms with Crippen LogP contribution in [0, 0.1) is 0 Å². The summed E-state index contributed by atoms with van der Waals surface area (Å²) in [5.74, 6) is -0.0822. The lowest BCUT2D eigenvalue weighted by Gasteiger charge is -2.08. The summed E-state index contributed by atoms with van der Waals surface area (Å²) >= 11 is 0. The Labute approximate surface area is 144 Å². The van der Waals surface area contributed by atoms with Crippen molar-refractivity contribution in [2.45, 2.75) is 58.3 Å². The van der Waals surface area contributed by atoms with Crippen LogP contribution in [-0.2, 0) is 4.74 Å². The molecule has 0 spiro atoms. The normalized spacial score (nSPS) is 10.9. The molecule has 0 saturated carbocycles. The van der Waals surface area contributed by atoms with Crippen LogP contribution in [0.2, 0.25) is 0 Å². The Bertz CT molecular complexity index is 649. The smallest absolute Gasteiger partial charge is 0.338 e. The van der Waals surface area contributed by atoms with Crippen molar-refractivity contribution in [3.8, 4) is 5.75 Å². The summed E-state index contributed by atoms with van der Waals surface area (Å²) in [5.41, 5.74) is 0.562. The van der Waals surface area contributed by atoms with E-state index >= 15 is 0 Å². The molecule has 2 aromatic carbocycles. The van der Waals surface area contributed by atoms with Gasteiger partial charge in [-0.05, 0) is 41.5 Å². The summed E-state index contributed by atoms with van der Waals surface area (Å²) in [5, 5.41) is 11.2. The van der Waals surface area contributed by atoms with Gasteiger partial charge in [-0.2, -0.15) is 0 Å². The van der Waals surface area contributed by atoms with Crippen LogP contribution < -0.4 is 0 Å². The lowest BCUT2D eigenvalue weighted by molar-refractivity contribution is 0.0500. The molecule has 0 amide bonds. The van der Waals surface area contributed by atoms with Crippen molar-refractivity contribution in [1.29, 1.82) is 0 Å². The number of benzene rings is 2. The molecule has 0 aromatic heterocycles. The van der Waals surface area contributed by atoms with Crippen LogP contribution in [0.25, 0.3) is 10.8 Å². The average molecular weight is 328 g/mol. The fourth-order valence-electron chi connectivity index (χ4n) is 2.93. The fraction of sp³-hybridized carbons (Fsp3) is 0.476. The molecule has 3 heteroatoms. The zero-order valence-electron chi connectivity index (χ0n) is 14.6. The molecule has 0 heterocycles. The average Bonchev–Trinajstić information content (AvgIpc) is 2.59. The number of phenols is 1. The van der Waals surface area contributed by atoms with Crippen molar-refractivity contribution in [3.63, 3.8) is 0 Å². The predicted molar refractivity (Wildman–Crippen MR) is 98.5 cm³/mol. The van der Waals surface area contributed by atoms with Gasteiger partial charge in [-0.15, -0.1) is 0 Å². The molecule has 3 nitrogen and oxygen atoms in total. The molecule has 2 rings (SSSR count). The quantitative estimate of drug-likeness (QED) is 0.440. The second kappa shape index (κ2) is 9.96. The van der Waals surface area contributed by atoms with E-state index in [9.17, 15) is 9.90 Å². The van der Waals surface area contributed by atoms with Crippen LogP contribution in [0.5, 0.6) is 5.75 Å². The number of phenolic OH excluding ortho intramolecular Hbond substituents is 1. The molecule has 1 N–H and O–H groups in total. The number of rotatable bonds is 10. The molecule has 0 aliphatic heterocycles. The van der Waals surface area contributed by atoms with Gasteiger partial charge in [0.25, 0.3) is 0 Å². The minimum atomic E-state index is -0.283. The second-order valence-corrected chi connectivity index (χ2v) is 6.32. The zero-order valence-corrected chi connectivity index (χ0v) is 14.6. The summed E-state index contributed by atoms with van der Waals surface area (Å²) < 4.78 is 5.41. The predicted octanol–water partition coefficient (Wildman–Crippen LogP) is 5.84. The first-order valence-electron chi connectivity index (χ1n) is 9.11. The molecule has 0 unspecified atom stereocenters. The zero-order chi connectivity index (χ0) is 17.2. The van der Waals surface area contributed by atoms with Crippen LogP contribution in [0.4, 0.5) is 0 Å². The standard InChI is InChI=1S/C21H28O3/c1-2-3-4-5-6-7-8-9-15-24-21(23)20-12-10-11-17-16-18(22)13-14-19(17)20/h10-14,16,22H,2-9,15H2,1H3. The van der Waals surface area contributed by atoms with E-state index in [1.54, 1.807) is 24.3 Å². The molecule has 0 atom stereocenters. The van der Waals surface area contributed by atoms with Crippen LogP contribution in [-0.4, -0.2) is 17.7 Å². The molecule has 24 heavy (non-hydrogen) atoms. The molecule has 0 radical (unpaired) electrons. The number of hydrogen-bond acceptors (Lipinski definition) is 3. The molecule has 2 aromatic rings. The molecule has 0 aliphatic carbocycles. The van der Waals surface area contributed by atoms with Crippen molar-refractivity contribution in [2.75, 3.05) is 6.61 Å². The number of aromatic hydroxyl groups is 1. The number of fused-ring (bicyclic) bond motifs is 1. The molecular weight excluding hydrogens is 300 g/mol. The third kappa shape index (κ3) is 5.55. The Morgan fingerprint density at radius 1 is 0.958 bits per heavy atom. The number of hydrogen-bond donors (Lipinski definition) is 1. The first kappa shape index (κ1) is 18.3. The minimum absolute atomic E-state index is 0.201. The molecule has 0 fully saturated rings. The van der Waals surface area contributed by atoms with Gasteiger partial charge in [0, 0.05) is 0 Å². The van der Waals surface area contributed by atoms with Gasteiger partial charge in [0.05, 0.1) is 12.2 Å². The van der Waals surface area contributed by atoms with Gasteiger partial charge < -0.3 is 9.84 Å². The fourth-order valence-corrected chi connectivity index (χ4v) is 2.93. The summed E-state index contributed by atoms with van der Waals surface area (Å²) in [4.78, 5) is 12.3. The number of carbonyl (C=O) groups is 1. The van der Waals surface area contributed by atoms with Crippen molar-refractivity contribution >= 4 is 16.7 Å². The van der Waals surface area contributed by atoms with E-state index in [0.717, 1.165) is 23.6 Å². The SMILES string of the molecule is CCCCCCCCCCOC(=O)c1cccc2cc(O)ccc12. The van der Waals surface area contributed by atoms with Gasteiger partial charge in [-0.3, -0.25) is 0 Å². The number of unbranched alkanes of at least 4 members (excludes halogenated alkanes) is 7. The molecular formula is C21H28O3. The van der Waals surface area contributed by atoms with Crippen LogP contribution in [0.15, 0.2) is 36.4 Å². The van der Waals surface area contributed by atoms with Gasteiger partial charge in [0.1, 0.15) is 5.75 Å². The van der Waals surface area contributed by atoms with Crippen molar-refractivity contribution in [1.82, 2.24) is 0 Å². The van der Waals surface area contributed by atoms with E-state index in [1.165, 1.54) is 38.5 Å². The first-order chi connectivity index (χ1) is 11.7. The monoisotopic (exact) mass is 328 g/mol. The molecule has 130 valence electrons. The molecule has 0 saturated heterocycles. The Kier molecular flexibility index (Phi) is 7.60. The molecule has 0 aliphatic rings. The number of ether oxygens (including phenoxy) is 1. The van der Waals surface area contributed by atoms with Crippen LogP contribution in [0.1, 0.15) is 68.6 Å². The van der Waals surface area contributed by atoms with Crippen molar-refractivity contribution in [3.05, 3.63) is 42.0 Å². The third-order valence-corrected chi connectivity index (χ3v) is 4.31. The topological polar surface area (TPSA) is 46.5 Å². The third-order valence-electron chi connectivity index (χ3n) is 4.31. The summed E-state index contributed by atoms with van der Waals surface area (Å²) in [6, 6.07) is 10.5. The summed E-state index contributed by atoms with van der Waals surface area (Å²) in [6.45, 7) is 2.70. The number of esters is 1. The highest BCUT2D eigenvalue weighted by atomic mass is 16.5. The Morgan fingerprint density at radius 3 is 2.42 bits per heavy atom. The van der Waals surface area contributed by atoms with Crippen LogP contribution >= 0.6 is 0 Å². The van der Waals surface area contributed by atoms with Crippen LogP contribution in [0.3, 0.4) is 0 Å². The minimum Gasteiger partial charge on any atom is -0.508 e. The number of carbonyl (C=O) groups excluding carboxylic acids is 1. The van der Waals surface area contributed by atoms with Gasteiger partial charge in [-0.1, -0.05) is 64.0 Å². The van der Waals surface area contributed by atoms with Crippen molar-refractivity contribution in [2.24, 2.45) is 0 Å². The maximum absolute atomic E-state index is 12.3. The lowest BCUT2D eigenvalue weighted by atomic mass is 10.0. The maximum atomic E-state index is 12.3. The van der Waals surface area contributed by atoms with Gasteiger partial charge in [0.2, 0.25) is 0 Å². The summed E-state index contributed by atoms with van der Waals surface area (Å²) in [7, 11) is 0. The second-order valence-electron chi connectivity index (χ2n) is 6.32. The maximum Gasteiger partial charge on any atom is 0.338 e. The van der Waals surface area contributed by atoms with E-state index in [4.69, 9.17) is 4.74 Å². The highest BCUT2D eigenvalue weighted by Crippen LogP contribution is 2.23. The Morgan fingerprint density at radius 2 is 1.67 bits per heavy atom. The Balaban J connectivity index is 1.73. The highest BCUT2D eigenvalue weighted by molar-refractivity contribution is 6.04. The van der Waals surface area contributed by atoms with Gasteiger partial charge >= 0.3 is 5.97 Å². The molecule has 0 bridgehead atoms. The van der Waals surface area contributed by atoms with Gasteiger partial charge in [-0.25, -0.2) is 4.79 Å². The van der Waals surface area contributed by atoms with E-state index in [-0.39, 0.29) is 11.7 Å². The summed E-state index contributed by atoms with van der Waals surface area (Å²) in [6.07, 6.45) is 9.80. The largest absolute Gasteiger partial charge is 0.508 e.